The van der Waals surface area contributed by atoms with Crippen LogP contribution in [0.1, 0.15) is 48.3 Å². The monoisotopic (exact) mass is 398 g/mol. The number of piperidine rings is 1. The van der Waals surface area contributed by atoms with Gasteiger partial charge in [0.25, 0.3) is 5.91 Å². The van der Waals surface area contributed by atoms with Crippen molar-refractivity contribution < 1.29 is 14.4 Å². The Morgan fingerprint density at radius 2 is 1.90 bits per heavy atom. The first kappa shape index (κ1) is 19.9. The molecule has 4 rings (SSSR count). The molecule has 3 amide bonds. The highest BCUT2D eigenvalue weighted by molar-refractivity contribution is 5.92. The Morgan fingerprint density at radius 3 is 2.59 bits per heavy atom. The number of hydrogen-bond donors (Lipinski definition) is 1. The Morgan fingerprint density at radius 1 is 1.14 bits per heavy atom. The summed E-state index contributed by atoms with van der Waals surface area (Å²) in [5.74, 6) is 0.904. The minimum Gasteiger partial charge on any atom is -0.356 e. The maximum Gasteiger partial charge on any atom is 0.272 e. The highest BCUT2D eigenvalue weighted by Gasteiger charge is 2.36. The summed E-state index contributed by atoms with van der Waals surface area (Å²) in [4.78, 5) is 45.4. The van der Waals surface area contributed by atoms with Crippen LogP contribution in [0.15, 0.2) is 18.2 Å². The molecule has 1 unspecified atom stereocenters. The third kappa shape index (κ3) is 4.95. The van der Waals surface area contributed by atoms with Crippen LogP contribution >= 0.6 is 0 Å². The Labute approximate surface area is 171 Å². The van der Waals surface area contributed by atoms with E-state index in [-0.39, 0.29) is 23.6 Å². The molecule has 7 heteroatoms. The number of likely N-dealkylation sites (tertiary alicyclic amines) is 2. The molecule has 2 aliphatic heterocycles. The second-order valence-corrected chi connectivity index (χ2v) is 8.79. The number of aromatic nitrogens is 1. The van der Waals surface area contributed by atoms with Crippen LogP contribution in [0.5, 0.6) is 0 Å². The standard InChI is InChI=1S/C22H30N4O3/c1-15-3-2-4-19(24-15)22(29)25-9-7-17(8-10-25)13-26-14-18(11-20(26)27)21(28)23-12-16-5-6-16/h2-4,16-18H,5-14H2,1H3,(H,23,28). The summed E-state index contributed by atoms with van der Waals surface area (Å²) in [7, 11) is 0. The van der Waals surface area contributed by atoms with E-state index in [4.69, 9.17) is 0 Å². The fourth-order valence-corrected chi connectivity index (χ4v) is 4.29. The molecule has 1 aromatic rings. The van der Waals surface area contributed by atoms with Gasteiger partial charge in [-0.05, 0) is 56.6 Å². The molecule has 1 saturated carbocycles. The normalized spacial score (nSPS) is 22.8. The lowest BCUT2D eigenvalue weighted by Gasteiger charge is -2.33. The van der Waals surface area contributed by atoms with Gasteiger partial charge in [-0.25, -0.2) is 4.98 Å². The van der Waals surface area contributed by atoms with Crippen molar-refractivity contribution in [1.29, 1.82) is 0 Å². The van der Waals surface area contributed by atoms with Gasteiger partial charge in [-0.15, -0.1) is 0 Å². The van der Waals surface area contributed by atoms with E-state index in [0.717, 1.165) is 25.1 Å². The van der Waals surface area contributed by atoms with Crippen LogP contribution in [-0.4, -0.2) is 65.2 Å². The van der Waals surface area contributed by atoms with Crippen LogP contribution in [-0.2, 0) is 9.59 Å². The van der Waals surface area contributed by atoms with Crippen LogP contribution in [0.4, 0.5) is 0 Å². The van der Waals surface area contributed by atoms with Crippen molar-refractivity contribution in [2.45, 2.75) is 39.0 Å². The molecule has 0 spiro atoms. The molecule has 0 aromatic carbocycles. The third-order valence-electron chi connectivity index (χ3n) is 6.33. The lowest BCUT2D eigenvalue weighted by atomic mass is 9.96. The molecule has 1 atom stereocenters. The Bertz CT molecular complexity index is 784. The fourth-order valence-electron chi connectivity index (χ4n) is 4.29. The lowest BCUT2D eigenvalue weighted by molar-refractivity contribution is -0.129. The molecule has 156 valence electrons. The first-order chi connectivity index (χ1) is 14.0. The Kier molecular flexibility index (Phi) is 5.83. The molecule has 1 aliphatic carbocycles. The van der Waals surface area contributed by atoms with E-state index in [1.165, 1.54) is 12.8 Å². The van der Waals surface area contributed by atoms with Gasteiger partial charge in [0.15, 0.2) is 0 Å². The van der Waals surface area contributed by atoms with E-state index < -0.39 is 0 Å². The quantitative estimate of drug-likeness (QED) is 0.789. The first-order valence-corrected chi connectivity index (χ1v) is 10.8. The van der Waals surface area contributed by atoms with Crippen LogP contribution < -0.4 is 5.32 Å². The van der Waals surface area contributed by atoms with Gasteiger partial charge < -0.3 is 15.1 Å². The van der Waals surface area contributed by atoms with Gasteiger partial charge in [-0.1, -0.05) is 6.07 Å². The van der Waals surface area contributed by atoms with E-state index >= 15 is 0 Å². The van der Waals surface area contributed by atoms with Crippen molar-refractivity contribution in [2.75, 3.05) is 32.7 Å². The number of nitrogens with one attached hydrogen (secondary N) is 1. The zero-order valence-electron chi connectivity index (χ0n) is 17.1. The summed E-state index contributed by atoms with van der Waals surface area (Å²) in [6.07, 6.45) is 4.49. The topological polar surface area (TPSA) is 82.6 Å². The molecule has 3 aliphatic rings. The smallest absolute Gasteiger partial charge is 0.272 e. The highest BCUT2D eigenvalue weighted by atomic mass is 16.2. The SMILES string of the molecule is Cc1cccc(C(=O)N2CCC(CN3CC(C(=O)NCC4CC4)CC3=O)CC2)n1. The summed E-state index contributed by atoms with van der Waals surface area (Å²) in [6, 6.07) is 5.51. The summed E-state index contributed by atoms with van der Waals surface area (Å²) in [5, 5.41) is 3.00. The van der Waals surface area contributed by atoms with Crippen molar-refractivity contribution in [3.8, 4) is 0 Å². The van der Waals surface area contributed by atoms with E-state index in [1.54, 1.807) is 6.07 Å². The van der Waals surface area contributed by atoms with Gasteiger partial charge in [0.1, 0.15) is 5.69 Å². The van der Waals surface area contributed by atoms with Gasteiger partial charge in [0.2, 0.25) is 11.8 Å². The fraction of sp³-hybridized carbons (Fsp3) is 0.636. The van der Waals surface area contributed by atoms with E-state index in [1.807, 2.05) is 28.9 Å². The van der Waals surface area contributed by atoms with E-state index in [0.29, 0.717) is 50.1 Å². The maximum absolute atomic E-state index is 12.6. The summed E-state index contributed by atoms with van der Waals surface area (Å²) >= 11 is 0. The van der Waals surface area contributed by atoms with E-state index in [9.17, 15) is 14.4 Å². The predicted octanol–water partition coefficient (Wildman–Crippen LogP) is 1.62. The minimum absolute atomic E-state index is 0.0169. The summed E-state index contributed by atoms with van der Waals surface area (Å²) in [6.45, 7) is 5.23. The van der Waals surface area contributed by atoms with Crippen LogP contribution in [0, 0.1) is 24.7 Å². The third-order valence-corrected chi connectivity index (χ3v) is 6.33. The Balaban J connectivity index is 1.23. The molecule has 3 heterocycles. The molecule has 0 bridgehead atoms. The number of aryl methyl sites for hydroxylation is 1. The molecule has 7 nitrogen and oxygen atoms in total. The molecule has 1 aromatic heterocycles. The van der Waals surface area contributed by atoms with Crippen molar-refractivity contribution in [3.63, 3.8) is 0 Å². The molecular formula is C22H30N4O3. The molecule has 0 radical (unpaired) electrons. The van der Waals surface area contributed by atoms with Crippen molar-refractivity contribution in [1.82, 2.24) is 20.1 Å². The summed E-state index contributed by atoms with van der Waals surface area (Å²) in [5.41, 5.74) is 1.34. The predicted molar refractivity (Wildman–Crippen MR) is 108 cm³/mol. The number of amides is 3. The van der Waals surface area contributed by atoms with Gasteiger partial charge in [0, 0.05) is 44.8 Å². The van der Waals surface area contributed by atoms with Crippen LogP contribution in [0.25, 0.3) is 0 Å². The number of pyridine rings is 1. The Hall–Kier alpha value is -2.44. The van der Waals surface area contributed by atoms with Crippen molar-refractivity contribution in [2.24, 2.45) is 17.8 Å². The average Bonchev–Trinajstić information content (AvgIpc) is 3.48. The maximum atomic E-state index is 12.6. The minimum atomic E-state index is -0.213. The number of carbonyl (C=O) groups excluding carboxylic acids is 3. The first-order valence-electron chi connectivity index (χ1n) is 10.8. The van der Waals surface area contributed by atoms with Crippen molar-refractivity contribution >= 4 is 17.7 Å². The largest absolute Gasteiger partial charge is 0.356 e. The zero-order chi connectivity index (χ0) is 20.4. The van der Waals surface area contributed by atoms with E-state index in [2.05, 4.69) is 10.3 Å². The number of rotatable bonds is 6. The van der Waals surface area contributed by atoms with Gasteiger partial charge >= 0.3 is 0 Å². The second-order valence-electron chi connectivity index (χ2n) is 8.79. The highest BCUT2D eigenvalue weighted by Crippen LogP contribution is 2.28. The van der Waals surface area contributed by atoms with Crippen LogP contribution in [0.3, 0.4) is 0 Å². The lowest BCUT2D eigenvalue weighted by Crippen LogP contribution is -2.42. The molecule has 1 N–H and O–H groups in total. The molecule has 3 fully saturated rings. The van der Waals surface area contributed by atoms with Gasteiger partial charge in [-0.2, -0.15) is 0 Å². The number of nitrogens with zero attached hydrogens (tertiary/aromatic N) is 3. The molecule has 29 heavy (non-hydrogen) atoms. The number of hydrogen-bond acceptors (Lipinski definition) is 4. The van der Waals surface area contributed by atoms with Gasteiger partial charge in [0.05, 0.1) is 5.92 Å². The molecular weight excluding hydrogens is 368 g/mol. The van der Waals surface area contributed by atoms with Gasteiger partial charge in [-0.3, -0.25) is 14.4 Å². The number of carbonyl (C=O) groups is 3. The molecule has 2 saturated heterocycles. The van der Waals surface area contributed by atoms with Crippen molar-refractivity contribution in [3.05, 3.63) is 29.6 Å². The average molecular weight is 399 g/mol. The summed E-state index contributed by atoms with van der Waals surface area (Å²) < 4.78 is 0. The van der Waals surface area contributed by atoms with Crippen LogP contribution in [0.2, 0.25) is 0 Å². The zero-order valence-corrected chi connectivity index (χ0v) is 17.1. The second kappa shape index (κ2) is 8.51.